The van der Waals surface area contributed by atoms with Gasteiger partial charge in [-0.3, -0.25) is 0 Å². The Morgan fingerprint density at radius 2 is 1.75 bits per heavy atom. The zero-order valence-corrected chi connectivity index (χ0v) is 8.74. The van der Waals surface area contributed by atoms with E-state index in [-0.39, 0.29) is 10.6 Å². The predicted octanol–water partition coefficient (Wildman–Crippen LogP) is 1.45. The van der Waals surface area contributed by atoms with Crippen LogP contribution in [-0.4, -0.2) is 13.5 Å². The number of phenols is 1. The van der Waals surface area contributed by atoms with Crippen molar-refractivity contribution in [2.75, 3.05) is 0 Å². The largest absolute Gasteiger partial charge is 0.508 e. The van der Waals surface area contributed by atoms with Gasteiger partial charge in [0.15, 0.2) is 0 Å². The van der Waals surface area contributed by atoms with E-state index >= 15 is 0 Å². The van der Waals surface area contributed by atoms with Crippen LogP contribution in [0.3, 0.4) is 0 Å². The van der Waals surface area contributed by atoms with Crippen molar-refractivity contribution in [2.45, 2.75) is 4.90 Å². The lowest BCUT2D eigenvalue weighted by Gasteiger charge is -1.98. The third-order valence-corrected chi connectivity index (χ3v) is 3.64. The smallest absolute Gasteiger partial charge is 0.306 e. The van der Waals surface area contributed by atoms with Gasteiger partial charge in [0.25, 0.3) is 0 Å². The fourth-order valence-corrected chi connectivity index (χ4v) is 1.81. The molecule has 0 aromatic heterocycles. The molecule has 0 saturated carbocycles. The number of hydrogen-bond donors (Lipinski definition) is 1. The van der Waals surface area contributed by atoms with E-state index in [0.717, 1.165) is 0 Å². The molecular weight excluding hydrogens is 295 g/mol. The van der Waals surface area contributed by atoms with E-state index in [4.69, 9.17) is 5.11 Å². The molecule has 1 rings (SSSR count). The van der Waals surface area contributed by atoms with Gasteiger partial charge in [-0.25, -0.2) is 0 Å². The summed E-state index contributed by atoms with van der Waals surface area (Å²) in [5.74, 6) is 0.0161. The Bertz CT molecular complexity index is 356. The molecule has 0 fully saturated rings. The third kappa shape index (κ3) is 2.08. The number of halogens is 1. The number of benzene rings is 1. The molecule has 0 aliphatic heterocycles. The van der Waals surface area contributed by atoms with Crippen molar-refractivity contribution >= 4 is 33.1 Å². The minimum absolute atomic E-state index is 0.0161. The summed E-state index contributed by atoms with van der Waals surface area (Å²) in [5.41, 5.74) is 0. The van der Waals surface area contributed by atoms with E-state index in [1.807, 2.05) is 0 Å². The average Bonchev–Trinajstić information content (AvgIpc) is 2.05. The van der Waals surface area contributed by atoms with Crippen molar-refractivity contribution in [1.29, 1.82) is 0 Å². The number of aromatic hydroxyl groups is 1. The van der Waals surface area contributed by atoms with Crippen LogP contribution in [0.4, 0.5) is 0 Å². The first-order chi connectivity index (χ1) is 5.56. The lowest BCUT2D eigenvalue weighted by Crippen LogP contribution is -1.98. The van der Waals surface area contributed by atoms with Crippen molar-refractivity contribution in [2.24, 2.45) is 0 Å². The van der Waals surface area contributed by atoms with Crippen molar-refractivity contribution in [1.82, 2.24) is 0 Å². The second kappa shape index (κ2) is 3.58. The van der Waals surface area contributed by atoms with Crippen molar-refractivity contribution < 1.29 is 16.0 Å². The molecule has 12 heavy (non-hydrogen) atoms. The molecule has 1 N–H and O–H groups in total. The van der Waals surface area contributed by atoms with Gasteiger partial charge < -0.3 is 5.11 Å². The zero-order valence-electron chi connectivity index (χ0n) is 5.77. The molecular formula is C6H5IO4S. The van der Waals surface area contributed by atoms with Crippen molar-refractivity contribution in [3.05, 3.63) is 24.3 Å². The monoisotopic (exact) mass is 300 g/mol. The average molecular weight is 300 g/mol. The van der Waals surface area contributed by atoms with Gasteiger partial charge in [-0.15, -0.1) is 0 Å². The van der Waals surface area contributed by atoms with E-state index in [1.165, 1.54) is 47.3 Å². The molecule has 4 nitrogen and oxygen atoms in total. The second-order valence-corrected chi connectivity index (χ2v) is 4.60. The molecule has 66 valence electrons. The fraction of sp³-hybridized carbons (Fsp3) is 0. The highest BCUT2D eigenvalue weighted by molar-refractivity contribution is 14.1. The first kappa shape index (κ1) is 9.75. The van der Waals surface area contributed by atoms with Crippen LogP contribution in [0.5, 0.6) is 5.75 Å². The SMILES string of the molecule is O=S(=O)(OI)c1ccc(O)cc1. The summed E-state index contributed by atoms with van der Waals surface area (Å²) in [6.45, 7) is 0. The Hall–Kier alpha value is -0.340. The number of phenolic OH excluding ortho intramolecular Hbond substituents is 1. The van der Waals surface area contributed by atoms with E-state index in [0.29, 0.717) is 0 Å². The maximum absolute atomic E-state index is 11.0. The highest BCUT2D eigenvalue weighted by Crippen LogP contribution is 2.17. The summed E-state index contributed by atoms with van der Waals surface area (Å²) in [6.07, 6.45) is 0. The molecule has 0 amide bonds. The zero-order chi connectivity index (χ0) is 9.19. The highest BCUT2D eigenvalue weighted by Gasteiger charge is 2.12. The molecule has 6 heteroatoms. The Kier molecular flexibility index (Phi) is 2.91. The van der Waals surface area contributed by atoms with Gasteiger partial charge in [0.1, 0.15) is 28.8 Å². The van der Waals surface area contributed by atoms with Gasteiger partial charge in [-0.05, 0) is 24.3 Å². The fourth-order valence-electron chi connectivity index (χ4n) is 0.649. The first-order valence-corrected chi connectivity index (χ1v) is 5.19. The van der Waals surface area contributed by atoms with Crippen molar-refractivity contribution in [3.63, 3.8) is 0 Å². The van der Waals surface area contributed by atoms with Crippen LogP contribution in [0.25, 0.3) is 0 Å². The summed E-state index contributed by atoms with van der Waals surface area (Å²) in [6, 6.07) is 5.09. The first-order valence-electron chi connectivity index (χ1n) is 2.90. The van der Waals surface area contributed by atoms with Crippen molar-refractivity contribution in [3.8, 4) is 5.75 Å². The molecule has 0 spiro atoms. The quantitative estimate of drug-likeness (QED) is 0.840. The molecule has 0 unspecified atom stereocenters. The summed E-state index contributed by atoms with van der Waals surface area (Å²) < 4.78 is 26.2. The Balaban J connectivity index is 3.14. The van der Waals surface area contributed by atoms with Crippen LogP contribution in [-0.2, 0) is 12.6 Å². The Morgan fingerprint density at radius 3 is 2.17 bits per heavy atom. The van der Waals surface area contributed by atoms with Gasteiger partial charge in [-0.2, -0.15) is 10.9 Å². The van der Waals surface area contributed by atoms with Crippen LogP contribution < -0.4 is 0 Å². The summed E-state index contributed by atoms with van der Waals surface area (Å²) in [4.78, 5) is 0.0229. The highest BCUT2D eigenvalue weighted by atomic mass is 127. The van der Waals surface area contributed by atoms with E-state index in [9.17, 15) is 8.42 Å². The van der Waals surface area contributed by atoms with E-state index in [1.54, 1.807) is 0 Å². The lowest BCUT2D eigenvalue weighted by molar-refractivity contribution is 0.474. The van der Waals surface area contributed by atoms with E-state index < -0.39 is 10.1 Å². The van der Waals surface area contributed by atoms with Gasteiger partial charge in [0, 0.05) is 0 Å². The topological polar surface area (TPSA) is 63.6 Å². The minimum Gasteiger partial charge on any atom is -0.508 e. The van der Waals surface area contributed by atoms with Gasteiger partial charge in [0.2, 0.25) is 0 Å². The summed E-state index contributed by atoms with van der Waals surface area (Å²) >= 11 is 1.29. The normalized spacial score (nSPS) is 11.4. The molecule has 0 atom stereocenters. The minimum atomic E-state index is -3.64. The predicted molar refractivity (Wildman–Crippen MR) is 50.4 cm³/mol. The number of hydrogen-bond acceptors (Lipinski definition) is 4. The molecule has 1 aromatic rings. The molecule has 0 aliphatic rings. The molecule has 0 radical (unpaired) electrons. The van der Waals surface area contributed by atoms with Crippen LogP contribution in [0.15, 0.2) is 29.2 Å². The maximum atomic E-state index is 11.0. The third-order valence-electron chi connectivity index (χ3n) is 1.21. The molecule has 0 bridgehead atoms. The Morgan fingerprint density at radius 1 is 1.25 bits per heavy atom. The maximum Gasteiger partial charge on any atom is 0.306 e. The molecule has 1 aromatic carbocycles. The van der Waals surface area contributed by atoms with Crippen LogP contribution in [0, 0.1) is 0 Å². The lowest BCUT2D eigenvalue weighted by atomic mass is 10.3. The standard InChI is InChI=1S/C6H5IO4S/c7-11-12(9,10)6-3-1-5(8)2-4-6/h1-4,8H. The Labute approximate surface area is 84.0 Å². The van der Waals surface area contributed by atoms with Crippen LogP contribution in [0.2, 0.25) is 0 Å². The summed E-state index contributed by atoms with van der Waals surface area (Å²) in [7, 11) is -3.64. The molecule has 0 heterocycles. The van der Waals surface area contributed by atoms with Gasteiger partial charge >= 0.3 is 10.1 Å². The van der Waals surface area contributed by atoms with E-state index in [2.05, 4.69) is 2.51 Å². The molecule has 0 saturated heterocycles. The number of rotatable bonds is 2. The van der Waals surface area contributed by atoms with Gasteiger partial charge in [-0.1, -0.05) is 0 Å². The van der Waals surface area contributed by atoms with Crippen LogP contribution >= 0.6 is 23.0 Å². The van der Waals surface area contributed by atoms with Gasteiger partial charge in [0.05, 0.1) is 4.90 Å². The summed E-state index contributed by atoms with van der Waals surface area (Å²) in [5, 5.41) is 8.86. The second-order valence-electron chi connectivity index (χ2n) is 2.01. The molecule has 0 aliphatic carbocycles. The van der Waals surface area contributed by atoms with Crippen LogP contribution in [0.1, 0.15) is 0 Å².